The first-order chi connectivity index (χ1) is 8.59. The van der Waals surface area contributed by atoms with E-state index < -0.39 is 0 Å². The van der Waals surface area contributed by atoms with Crippen molar-refractivity contribution in [2.75, 3.05) is 6.54 Å². The molecule has 1 amide bonds. The van der Waals surface area contributed by atoms with E-state index in [1.807, 2.05) is 0 Å². The number of nitrogens with one attached hydrogen (secondary N) is 1. The summed E-state index contributed by atoms with van der Waals surface area (Å²) in [5.74, 6) is 0.299. The normalized spacial score (nSPS) is 23.1. The molecule has 0 spiro atoms. The van der Waals surface area contributed by atoms with Crippen LogP contribution in [0.3, 0.4) is 0 Å². The van der Waals surface area contributed by atoms with E-state index >= 15 is 0 Å². The Bertz CT molecular complexity index is 432. The SMILES string of the molecule is O=C(NCC1CCCC1Br)c1c(Cl)cccc1Cl. The van der Waals surface area contributed by atoms with Crippen LogP contribution in [0.1, 0.15) is 29.6 Å². The van der Waals surface area contributed by atoms with Crippen LogP contribution in [0.5, 0.6) is 0 Å². The summed E-state index contributed by atoms with van der Waals surface area (Å²) in [5.41, 5.74) is 0.366. The zero-order chi connectivity index (χ0) is 13.1. The van der Waals surface area contributed by atoms with Crippen molar-refractivity contribution >= 4 is 45.0 Å². The van der Waals surface area contributed by atoms with Crippen LogP contribution in [-0.2, 0) is 0 Å². The lowest BCUT2D eigenvalue weighted by molar-refractivity contribution is 0.0948. The van der Waals surface area contributed by atoms with Gasteiger partial charge in [0.25, 0.3) is 5.91 Å². The number of benzene rings is 1. The second-order valence-corrected chi connectivity index (χ2v) is 6.50. The van der Waals surface area contributed by atoms with Crippen LogP contribution in [0, 0.1) is 5.92 Å². The number of carbonyl (C=O) groups is 1. The first kappa shape index (κ1) is 14.2. The molecule has 0 saturated heterocycles. The van der Waals surface area contributed by atoms with Gasteiger partial charge in [0.15, 0.2) is 0 Å². The van der Waals surface area contributed by atoms with Crippen molar-refractivity contribution in [3.05, 3.63) is 33.8 Å². The van der Waals surface area contributed by atoms with Crippen molar-refractivity contribution in [2.24, 2.45) is 5.92 Å². The van der Waals surface area contributed by atoms with Crippen LogP contribution in [0.15, 0.2) is 18.2 Å². The maximum Gasteiger partial charge on any atom is 0.254 e. The second-order valence-electron chi connectivity index (χ2n) is 4.51. The zero-order valence-corrected chi connectivity index (χ0v) is 12.9. The average molecular weight is 351 g/mol. The molecule has 1 aromatic carbocycles. The Balaban J connectivity index is 1.99. The number of hydrogen-bond acceptors (Lipinski definition) is 1. The van der Waals surface area contributed by atoms with Crippen molar-refractivity contribution in [3.63, 3.8) is 0 Å². The van der Waals surface area contributed by atoms with Crippen LogP contribution in [-0.4, -0.2) is 17.3 Å². The predicted octanol–water partition coefficient (Wildman–Crippen LogP) is 4.29. The molecule has 2 atom stereocenters. The lowest BCUT2D eigenvalue weighted by atomic mass is 10.1. The third-order valence-electron chi connectivity index (χ3n) is 3.28. The minimum absolute atomic E-state index is 0.197. The van der Waals surface area contributed by atoms with Crippen molar-refractivity contribution < 1.29 is 4.79 Å². The lowest BCUT2D eigenvalue weighted by Crippen LogP contribution is -2.31. The molecule has 1 aromatic rings. The van der Waals surface area contributed by atoms with Crippen molar-refractivity contribution in [3.8, 4) is 0 Å². The van der Waals surface area contributed by atoms with Gasteiger partial charge in [0.05, 0.1) is 15.6 Å². The molecule has 2 unspecified atom stereocenters. The first-order valence-corrected chi connectivity index (χ1v) is 7.63. The van der Waals surface area contributed by atoms with E-state index in [2.05, 4.69) is 21.2 Å². The van der Waals surface area contributed by atoms with Gasteiger partial charge in [-0.15, -0.1) is 0 Å². The maximum atomic E-state index is 12.1. The molecular weight excluding hydrogens is 337 g/mol. The molecule has 2 rings (SSSR count). The Hall–Kier alpha value is -0.250. The number of carbonyl (C=O) groups excluding carboxylic acids is 1. The maximum absolute atomic E-state index is 12.1. The molecule has 1 aliphatic rings. The fraction of sp³-hybridized carbons (Fsp3) is 0.462. The number of hydrogen-bond donors (Lipinski definition) is 1. The standard InChI is InChI=1S/C13H14BrCl2NO/c14-9-4-1-3-8(9)7-17-13(18)12-10(15)5-2-6-11(12)16/h2,5-6,8-9H,1,3-4,7H2,(H,17,18). The molecule has 5 heteroatoms. The minimum Gasteiger partial charge on any atom is -0.352 e. The van der Waals surface area contributed by atoms with Crippen LogP contribution in [0.4, 0.5) is 0 Å². The van der Waals surface area contributed by atoms with Gasteiger partial charge in [-0.2, -0.15) is 0 Å². The van der Waals surface area contributed by atoms with Crippen molar-refractivity contribution in [1.29, 1.82) is 0 Å². The molecule has 0 heterocycles. The van der Waals surface area contributed by atoms with Gasteiger partial charge >= 0.3 is 0 Å². The highest BCUT2D eigenvalue weighted by atomic mass is 79.9. The van der Waals surface area contributed by atoms with E-state index in [4.69, 9.17) is 23.2 Å². The quantitative estimate of drug-likeness (QED) is 0.809. The van der Waals surface area contributed by atoms with E-state index in [0.29, 0.717) is 32.9 Å². The first-order valence-electron chi connectivity index (χ1n) is 5.96. The molecule has 0 bridgehead atoms. The number of alkyl halides is 1. The van der Waals surface area contributed by atoms with Gasteiger partial charge < -0.3 is 5.32 Å². The van der Waals surface area contributed by atoms with Crippen molar-refractivity contribution in [1.82, 2.24) is 5.32 Å². The van der Waals surface area contributed by atoms with Crippen molar-refractivity contribution in [2.45, 2.75) is 24.1 Å². The summed E-state index contributed by atoms with van der Waals surface area (Å²) >= 11 is 15.6. The Morgan fingerprint density at radius 1 is 1.33 bits per heavy atom. The zero-order valence-electron chi connectivity index (χ0n) is 9.76. The third-order valence-corrected chi connectivity index (χ3v) is 5.12. The van der Waals surface area contributed by atoms with E-state index in [-0.39, 0.29) is 5.91 Å². The molecule has 0 aliphatic heterocycles. The number of halogens is 3. The number of amides is 1. The third kappa shape index (κ3) is 3.19. The summed E-state index contributed by atoms with van der Waals surface area (Å²) in [7, 11) is 0. The molecule has 1 N–H and O–H groups in total. The fourth-order valence-electron chi connectivity index (χ4n) is 2.25. The second kappa shape index (κ2) is 6.27. The summed E-state index contributed by atoms with van der Waals surface area (Å²) in [5, 5.41) is 3.70. The molecule has 98 valence electrons. The van der Waals surface area contributed by atoms with Gasteiger partial charge in [-0.05, 0) is 30.9 Å². The molecule has 0 radical (unpaired) electrons. The van der Waals surface area contributed by atoms with Crippen LogP contribution in [0.2, 0.25) is 10.0 Å². The molecule has 1 aliphatic carbocycles. The molecule has 18 heavy (non-hydrogen) atoms. The van der Waals surface area contributed by atoms with Gasteiger partial charge in [-0.3, -0.25) is 4.79 Å². The highest BCUT2D eigenvalue weighted by Gasteiger charge is 2.25. The van der Waals surface area contributed by atoms with Gasteiger partial charge in [-0.25, -0.2) is 0 Å². The molecule has 1 saturated carbocycles. The summed E-state index contributed by atoms with van der Waals surface area (Å²) < 4.78 is 0. The Morgan fingerprint density at radius 3 is 2.56 bits per heavy atom. The molecule has 0 aromatic heterocycles. The highest BCUT2D eigenvalue weighted by molar-refractivity contribution is 9.09. The largest absolute Gasteiger partial charge is 0.352 e. The monoisotopic (exact) mass is 349 g/mol. The summed E-state index contributed by atoms with van der Waals surface area (Å²) in [6.07, 6.45) is 3.53. The van der Waals surface area contributed by atoms with E-state index in [9.17, 15) is 4.79 Å². The van der Waals surface area contributed by atoms with E-state index in [1.54, 1.807) is 18.2 Å². The molecular formula is C13H14BrCl2NO. The predicted molar refractivity (Wildman–Crippen MR) is 78.9 cm³/mol. The molecule has 2 nitrogen and oxygen atoms in total. The summed E-state index contributed by atoms with van der Waals surface area (Å²) in [6.45, 7) is 0.663. The summed E-state index contributed by atoms with van der Waals surface area (Å²) in [4.78, 5) is 12.6. The van der Waals surface area contributed by atoms with Crippen LogP contribution < -0.4 is 5.32 Å². The topological polar surface area (TPSA) is 29.1 Å². The minimum atomic E-state index is -0.197. The Labute approximate surface area is 125 Å². The average Bonchev–Trinajstić information content (AvgIpc) is 2.72. The summed E-state index contributed by atoms with van der Waals surface area (Å²) in [6, 6.07) is 5.07. The van der Waals surface area contributed by atoms with Gasteiger partial charge in [0.1, 0.15) is 0 Å². The Kier molecular flexibility index (Phi) is 4.93. The fourth-order valence-corrected chi connectivity index (χ4v) is 3.59. The van der Waals surface area contributed by atoms with Gasteiger partial charge in [0, 0.05) is 11.4 Å². The van der Waals surface area contributed by atoms with Gasteiger partial charge in [-0.1, -0.05) is 51.6 Å². The smallest absolute Gasteiger partial charge is 0.254 e. The van der Waals surface area contributed by atoms with Gasteiger partial charge in [0.2, 0.25) is 0 Å². The van der Waals surface area contributed by atoms with Crippen LogP contribution >= 0.6 is 39.1 Å². The van der Waals surface area contributed by atoms with E-state index in [0.717, 1.165) is 6.42 Å². The highest BCUT2D eigenvalue weighted by Crippen LogP contribution is 2.31. The molecule has 1 fully saturated rings. The number of rotatable bonds is 3. The lowest BCUT2D eigenvalue weighted by Gasteiger charge is -2.15. The Morgan fingerprint density at radius 2 is 2.00 bits per heavy atom. The van der Waals surface area contributed by atoms with Crippen LogP contribution in [0.25, 0.3) is 0 Å². The van der Waals surface area contributed by atoms with E-state index in [1.165, 1.54) is 12.8 Å².